The van der Waals surface area contributed by atoms with E-state index in [1.807, 2.05) is 29.2 Å². The molecule has 0 bridgehead atoms. The van der Waals surface area contributed by atoms with E-state index in [0.717, 1.165) is 42.9 Å². The van der Waals surface area contributed by atoms with Crippen LogP contribution in [0.25, 0.3) is 0 Å². The fraction of sp³-hybridized carbons (Fsp3) is 0.455. The molecule has 0 aromatic heterocycles. The van der Waals surface area contributed by atoms with Gasteiger partial charge in [-0.15, -0.1) is 0 Å². The molecule has 29 heavy (non-hydrogen) atoms. The number of carbonyl (C=O) groups excluding carboxylic acids is 1. The summed E-state index contributed by atoms with van der Waals surface area (Å²) in [4.78, 5) is 21.9. The highest BCUT2D eigenvalue weighted by molar-refractivity contribution is 14.1. The number of aliphatic imine (C=N–C) groups is 1. The third-order valence-corrected chi connectivity index (χ3v) is 6.55. The number of nitrogens with one attached hydrogen (secondary N) is 1. The van der Waals surface area contributed by atoms with Crippen LogP contribution >= 0.6 is 22.6 Å². The van der Waals surface area contributed by atoms with Gasteiger partial charge in [-0.25, -0.2) is 4.99 Å². The molecule has 1 aromatic rings. The number of benzene rings is 1. The fourth-order valence-electron chi connectivity index (χ4n) is 4.28. The van der Waals surface area contributed by atoms with E-state index in [0.29, 0.717) is 19.5 Å². The summed E-state index contributed by atoms with van der Waals surface area (Å²) in [5, 5.41) is 3.47. The van der Waals surface area contributed by atoms with Gasteiger partial charge in [0, 0.05) is 41.0 Å². The van der Waals surface area contributed by atoms with E-state index in [2.05, 4.69) is 46.3 Å². The lowest BCUT2D eigenvalue weighted by atomic mass is 10.0. The molecule has 4 rings (SSSR count). The van der Waals surface area contributed by atoms with E-state index in [1.54, 1.807) is 0 Å². The maximum Gasteiger partial charge on any atom is 0.239 e. The first kappa shape index (κ1) is 20.4. The minimum Gasteiger partial charge on any atom is -0.367 e. The highest BCUT2D eigenvalue weighted by Gasteiger charge is 2.33. The Morgan fingerprint density at radius 1 is 1.28 bits per heavy atom. The molecule has 1 fully saturated rings. The van der Waals surface area contributed by atoms with Crippen molar-refractivity contribution in [3.05, 3.63) is 56.8 Å². The van der Waals surface area contributed by atoms with Gasteiger partial charge in [0.05, 0.1) is 6.04 Å². The van der Waals surface area contributed by atoms with Crippen molar-refractivity contribution in [1.82, 2.24) is 15.1 Å². The molecule has 6 nitrogen and oxygen atoms in total. The van der Waals surface area contributed by atoms with Crippen molar-refractivity contribution in [2.45, 2.75) is 38.4 Å². The van der Waals surface area contributed by atoms with Crippen LogP contribution < -0.4 is 11.1 Å². The molecule has 1 unspecified atom stereocenters. The number of piperazine rings is 1. The standard InChI is InChI=1S/C22H28IN5O/c1-14-3-8-19-20(14)21(26-15(2)25-19)27-9-11-28(12-10-27)22(29)18(24)13-16-4-6-17(23)7-5-16/h4-7,15,18,25H,1,3,8-13,24H2,2H3/t15?,18-/m1/s1. The molecule has 1 saturated heterocycles. The summed E-state index contributed by atoms with van der Waals surface area (Å²) in [6, 6.07) is 7.69. The average Bonchev–Trinajstić information content (AvgIpc) is 3.09. The SMILES string of the molecule is C=C1CCC2=C1C(N1CCN(C(=O)[C@H](N)Cc3ccc(I)cc3)CC1)=NC(C)N2. The molecular formula is C22H28IN5O. The van der Waals surface area contributed by atoms with Gasteiger partial charge in [0.1, 0.15) is 12.0 Å². The Labute approximate surface area is 186 Å². The Balaban J connectivity index is 1.37. The number of amidine groups is 1. The maximum atomic E-state index is 12.9. The Bertz CT molecular complexity index is 868. The van der Waals surface area contributed by atoms with Crippen molar-refractivity contribution in [1.29, 1.82) is 0 Å². The van der Waals surface area contributed by atoms with Gasteiger partial charge in [-0.3, -0.25) is 4.79 Å². The third kappa shape index (κ3) is 4.35. The molecular weight excluding hydrogens is 477 g/mol. The van der Waals surface area contributed by atoms with Gasteiger partial charge in [-0.05, 0) is 72.0 Å². The first-order valence-electron chi connectivity index (χ1n) is 10.2. The van der Waals surface area contributed by atoms with Gasteiger partial charge >= 0.3 is 0 Å². The van der Waals surface area contributed by atoms with E-state index in [-0.39, 0.29) is 12.1 Å². The van der Waals surface area contributed by atoms with Gasteiger partial charge in [0.25, 0.3) is 0 Å². The summed E-state index contributed by atoms with van der Waals surface area (Å²) in [6.07, 6.45) is 2.66. The van der Waals surface area contributed by atoms with Crippen molar-refractivity contribution in [3.63, 3.8) is 0 Å². The minimum absolute atomic E-state index is 0.0361. The Kier molecular flexibility index (Phi) is 5.96. The van der Waals surface area contributed by atoms with Crippen LogP contribution in [0.3, 0.4) is 0 Å². The molecule has 2 aliphatic heterocycles. The number of rotatable bonds is 3. The third-order valence-electron chi connectivity index (χ3n) is 5.83. The zero-order valence-corrected chi connectivity index (χ0v) is 19.0. The highest BCUT2D eigenvalue weighted by Crippen LogP contribution is 2.33. The number of nitrogens with two attached hydrogens (primary N) is 1. The van der Waals surface area contributed by atoms with E-state index < -0.39 is 6.04 Å². The first-order valence-corrected chi connectivity index (χ1v) is 11.3. The van der Waals surface area contributed by atoms with Crippen LogP contribution in [0.5, 0.6) is 0 Å². The van der Waals surface area contributed by atoms with E-state index in [9.17, 15) is 4.79 Å². The van der Waals surface area contributed by atoms with Crippen LogP contribution in [0.1, 0.15) is 25.3 Å². The van der Waals surface area contributed by atoms with Crippen molar-refractivity contribution in [2.24, 2.45) is 10.7 Å². The molecule has 2 atom stereocenters. The minimum atomic E-state index is -0.498. The summed E-state index contributed by atoms with van der Waals surface area (Å²) in [5.74, 6) is 1.08. The number of nitrogens with zero attached hydrogens (tertiary/aromatic N) is 3. The molecule has 2 heterocycles. The first-order chi connectivity index (χ1) is 13.9. The smallest absolute Gasteiger partial charge is 0.239 e. The topological polar surface area (TPSA) is 74.0 Å². The zero-order valence-electron chi connectivity index (χ0n) is 16.8. The predicted molar refractivity (Wildman–Crippen MR) is 124 cm³/mol. The number of amides is 1. The zero-order chi connectivity index (χ0) is 20.5. The van der Waals surface area contributed by atoms with Crippen LogP contribution in [0, 0.1) is 3.57 Å². The summed E-state index contributed by atoms with van der Waals surface area (Å²) in [5.41, 5.74) is 11.0. The van der Waals surface area contributed by atoms with Gasteiger partial charge < -0.3 is 20.9 Å². The molecule has 154 valence electrons. The summed E-state index contributed by atoms with van der Waals surface area (Å²) in [6.45, 7) is 9.21. The highest BCUT2D eigenvalue weighted by atomic mass is 127. The molecule has 7 heteroatoms. The number of halogens is 1. The Morgan fingerprint density at radius 2 is 1.97 bits per heavy atom. The van der Waals surface area contributed by atoms with Gasteiger partial charge in [-0.2, -0.15) is 0 Å². The van der Waals surface area contributed by atoms with Gasteiger partial charge in [0.2, 0.25) is 5.91 Å². The lowest BCUT2D eigenvalue weighted by Gasteiger charge is -2.39. The van der Waals surface area contributed by atoms with Crippen molar-refractivity contribution < 1.29 is 4.79 Å². The van der Waals surface area contributed by atoms with Crippen LogP contribution in [-0.4, -0.2) is 59.9 Å². The monoisotopic (exact) mass is 505 g/mol. The predicted octanol–water partition coefficient (Wildman–Crippen LogP) is 2.26. The summed E-state index contributed by atoms with van der Waals surface area (Å²) >= 11 is 2.28. The Morgan fingerprint density at radius 3 is 2.66 bits per heavy atom. The fourth-order valence-corrected chi connectivity index (χ4v) is 4.64. The van der Waals surface area contributed by atoms with Crippen LogP contribution in [0.15, 0.2) is 52.7 Å². The van der Waals surface area contributed by atoms with Crippen LogP contribution in [0.4, 0.5) is 0 Å². The van der Waals surface area contributed by atoms with Gasteiger partial charge in [-0.1, -0.05) is 18.7 Å². The van der Waals surface area contributed by atoms with Crippen LogP contribution in [0.2, 0.25) is 0 Å². The van der Waals surface area contributed by atoms with Crippen LogP contribution in [-0.2, 0) is 11.2 Å². The molecule has 0 radical (unpaired) electrons. The molecule has 0 saturated carbocycles. The molecule has 0 spiro atoms. The number of hydrogen-bond acceptors (Lipinski definition) is 5. The number of allylic oxidation sites excluding steroid dienone is 1. The van der Waals surface area contributed by atoms with E-state index in [4.69, 9.17) is 10.7 Å². The maximum absolute atomic E-state index is 12.9. The molecule has 3 N–H and O–H groups in total. The van der Waals surface area contributed by atoms with Crippen molar-refractivity contribution in [2.75, 3.05) is 26.2 Å². The quantitative estimate of drug-likeness (QED) is 0.619. The lowest BCUT2D eigenvalue weighted by molar-refractivity contribution is -0.133. The van der Waals surface area contributed by atoms with Crippen molar-refractivity contribution >= 4 is 34.3 Å². The van der Waals surface area contributed by atoms with Crippen molar-refractivity contribution in [3.8, 4) is 0 Å². The summed E-state index contributed by atoms with van der Waals surface area (Å²) < 4.78 is 1.18. The Hall–Kier alpha value is -1.87. The lowest BCUT2D eigenvalue weighted by Crippen LogP contribution is -2.55. The normalized spacial score (nSPS) is 22.9. The summed E-state index contributed by atoms with van der Waals surface area (Å²) in [7, 11) is 0. The second-order valence-corrected chi connectivity index (χ2v) is 9.23. The van der Waals surface area contributed by atoms with E-state index in [1.165, 1.54) is 14.8 Å². The molecule has 3 aliphatic rings. The molecule has 1 amide bonds. The number of carbonyl (C=O) groups is 1. The second kappa shape index (κ2) is 8.47. The second-order valence-electron chi connectivity index (χ2n) is 7.98. The van der Waals surface area contributed by atoms with E-state index >= 15 is 0 Å². The van der Waals surface area contributed by atoms with Gasteiger partial charge in [0.15, 0.2) is 0 Å². The average molecular weight is 505 g/mol. The molecule has 1 aliphatic carbocycles. The largest absolute Gasteiger partial charge is 0.367 e. The molecule has 1 aromatic carbocycles. The number of hydrogen-bond donors (Lipinski definition) is 2.